The molecule has 4 rings (SSSR count). The summed E-state index contributed by atoms with van der Waals surface area (Å²) in [5.41, 5.74) is 2.98. The third kappa shape index (κ3) is 4.57. The first-order valence-corrected chi connectivity index (χ1v) is 9.34. The highest BCUT2D eigenvalue weighted by Gasteiger charge is 2.14. The van der Waals surface area contributed by atoms with Crippen LogP contribution in [0.3, 0.4) is 0 Å². The Hall–Kier alpha value is -3.74. The third-order valence-electron chi connectivity index (χ3n) is 4.34. The standard InChI is InChI=1S/C22H21N3O4/c1-2-27-18-7-4-16(5-8-18)25-17-6-9-19(23-13-17)22(26)24-12-15-3-10-20-21(11-15)29-14-28-20/h3-11,13,25H,2,12,14H2,1H3,(H,24,26). The molecule has 3 aromatic rings. The predicted molar refractivity (Wildman–Crippen MR) is 109 cm³/mol. The molecule has 2 N–H and O–H groups in total. The maximum atomic E-state index is 12.4. The van der Waals surface area contributed by atoms with Crippen molar-refractivity contribution in [3.8, 4) is 17.2 Å². The van der Waals surface area contributed by atoms with Gasteiger partial charge in [-0.25, -0.2) is 4.98 Å². The molecular weight excluding hydrogens is 370 g/mol. The van der Waals surface area contributed by atoms with Crippen LogP contribution in [0.4, 0.5) is 11.4 Å². The number of benzene rings is 2. The fraction of sp³-hybridized carbons (Fsp3) is 0.182. The first kappa shape index (κ1) is 18.6. The van der Waals surface area contributed by atoms with E-state index in [-0.39, 0.29) is 12.7 Å². The molecule has 1 amide bonds. The number of nitrogens with zero attached hydrogens (tertiary/aromatic N) is 1. The first-order chi connectivity index (χ1) is 14.2. The molecule has 0 radical (unpaired) electrons. The third-order valence-corrected chi connectivity index (χ3v) is 4.34. The zero-order valence-corrected chi connectivity index (χ0v) is 16.0. The zero-order valence-electron chi connectivity index (χ0n) is 16.0. The van der Waals surface area contributed by atoms with Crippen molar-refractivity contribution in [3.63, 3.8) is 0 Å². The highest BCUT2D eigenvalue weighted by atomic mass is 16.7. The lowest BCUT2D eigenvalue weighted by atomic mass is 10.2. The molecule has 1 aliphatic rings. The van der Waals surface area contributed by atoms with Crippen molar-refractivity contribution in [2.45, 2.75) is 13.5 Å². The van der Waals surface area contributed by atoms with Gasteiger partial charge in [-0.05, 0) is 61.0 Å². The second-order valence-electron chi connectivity index (χ2n) is 6.38. The Kier molecular flexibility index (Phi) is 5.47. The number of carbonyl (C=O) groups excluding carboxylic acids is 1. The second kappa shape index (κ2) is 8.52. The van der Waals surface area contributed by atoms with Crippen LogP contribution in [0.2, 0.25) is 0 Å². The fourth-order valence-electron chi connectivity index (χ4n) is 2.89. The van der Waals surface area contributed by atoms with Gasteiger partial charge >= 0.3 is 0 Å². The van der Waals surface area contributed by atoms with Crippen molar-refractivity contribution in [1.29, 1.82) is 0 Å². The fourth-order valence-corrected chi connectivity index (χ4v) is 2.89. The van der Waals surface area contributed by atoms with E-state index in [2.05, 4.69) is 15.6 Å². The second-order valence-corrected chi connectivity index (χ2v) is 6.38. The van der Waals surface area contributed by atoms with E-state index < -0.39 is 0 Å². The van der Waals surface area contributed by atoms with Gasteiger partial charge in [0, 0.05) is 12.2 Å². The van der Waals surface area contributed by atoms with Gasteiger partial charge in [-0.2, -0.15) is 0 Å². The zero-order chi connectivity index (χ0) is 20.1. The molecule has 0 aliphatic carbocycles. The number of amides is 1. The van der Waals surface area contributed by atoms with E-state index in [0.29, 0.717) is 24.6 Å². The first-order valence-electron chi connectivity index (χ1n) is 9.34. The van der Waals surface area contributed by atoms with Crippen LogP contribution in [0.1, 0.15) is 23.0 Å². The summed E-state index contributed by atoms with van der Waals surface area (Å²) in [6.07, 6.45) is 1.63. The SMILES string of the molecule is CCOc1ccc(Nc2ccc(C(=O)NCc3ccc4c(c3)OCO4)nc2)cc1. The molecule has 0 atom stereocenters. The maximum absolute atomic E-state index is 12.4. The minimum absolute atomic E-state index is 0.228. The summed E-state index contributed by atoms with van der Waals surface area (Å²) in [4.78, 5) is 16.6. The van der Waals surface area contributed by atoms with E-state index in [1.807, 2.05) is 55.5 Å². The number of pyridine rings is 1. The van der Waals surface area contributed by atoms with E-state index >= 15 is 0 Å². The topological polar surface area (TPSA) is 81.7 Å². The predicted octanol–water partition coefficient (Wildman–Crippen LogP) is 3.88. The summed E-state index contributed by atoms with van der Waals surface area (Å²) in [6.45, 7) is 3.19. The van der Waals surface area contributed by atoms with E-state index in [0.717, 1.165) is 28.4 Å². The molecule has 0 spiro atoms. The van der Waals surface area contributed by atoms with Crippen LogP contribution in [0.15, 0.2) is 60.8 Å². The molecule has 2 heterocycles. The number of aromatic nitrogens is 1. The molecule has 0 saturated carbocycles. The minimum atomic E-state index is -0.240. The summed E-state index contributed by atoms with van der Waals surface area (Å²) in [6, 6.07) is 16.8. The molecule has 0 saturated heterocycles. The average molecular weight is 391 g/mol. The molecule has 29 heavy (non-hydrogen) atoms. The Morgan fingerprint density at radius 2 is 1.83 bits per heavy atom. The van der Waals surface area contributed by atoms with Crippen molar-refractivity contribution in [2.24, 2.45) is 0 Å². The van der Waals surface area contributed by atoms with E-state index in [1.54, 1.807) is 12.3 Å². The van der Waals surface area contributed by atoms with Crippen LogP contribution in [-0.4, -0.2) is 24.3 Å². The molecule has 0 fully saturated rings. The number of fused-ring (bicyclic) bond motifs is 1. The summed E-state index contributed by atoms with van der Waals surface area (Å²) in [5.74, 6) is 2.00. The highest BCUT2D eigenvalue weighted by Crippen LogP contribution is 2.32. The van der Waals surface area contributed by atoms with Crippen LogP contribution < -0.4 is 24.8 Å². The molecule has 7 nitrogen and oxygen atoms in total. The van der Waals surface area contributed by atoms with Crippen LogP contribution >= 0.6 is 0 Å². The average Bonchev–Trinajstić information content (AvgIpc) is 3.22. The Morgan fingerprint density at radius 3 is 2.59 bits per heavy atom. The Labute approximate surface area is 168 Å². The molecule has 0 bridgehead atoms. The molecule has 7 heteroatoms. The van der Waals surface area contributed by atoms with E-state index in [4.69, 9.17) is 14.2 Å². The molecular formula is C22H21N3O4. The van der Waals surface area contributed by atoms with Gasteiger partial charge < -0.3 is 24.8 Å². The number of hydrogen-bond donors (Lipinski definition) is 2. The Bertz CT molecular complexity index is 988. The Balaban J connectivity index is 1.32. The lowest BCUT2D eigenvalue weighted by Gasteiger charge is -2.09. The number of nitrogens with one attached hydrogen (secondary N) is 2. The number of ether oxygens (including phenoxy) is 3. The molecule has 2 aromatic carbocycles. The maximum Gasteiger partial charge on any atom is 0.270 e. The molecule has 1 aliphatic heterocycles. The van der Waals surface area contributed by atoms with Gasteiger partial charge in [-0.3, -0.25) is 4.79 Å². The van der Waals surface area contributed by atoms with Crippen LogP contribution in [-0.2, 0) is 6.54 Å². The summed E-state index contributed by atoms with van der Waals surface area (Å²) in [5, 5.41) is 6.11. The van der Waals surface area contributed by atoms with Gasteiger partial charge in [-0.1, -0.05) is 6.07 Å². The van der Waals surface area contributed by atoms with Crippen molar-refractivity contribution in [2.75, 3.05) is 18.7 Å². The number of carbonyl (C=O) groups is 1. The van der Waals surface area contributed by atoms with Crippen molar-refractivity contribution in [3.05, 3.63) is 72.1 Å². The lowest BCUT2D eigenvalue weighted by Crippen LogP contribution is -2.23. The number of anilines is 2. The van der Waals surface area contributed by atoms with E-state index in [1.165, 1.54) is 0 Å². The van der Waals surface area contributed by atoms with Crippen LogP contribution in [0.25, 0.3) is 0 Å². The van der Waals surface area contributed by atoms with Crippen molar-refractivity contribution < 1.29 is 19.0 Å². The number of rotatable bonds is 7. The Morgan fingerprint density at radius 1 is 1.03 bits per heavy atom. The number of hydrogen-bond acceptors (Lipinski definition) is 6. The smallest absolute Gasteiger partial charge is 0.270 e. The quantitative estimate of drug-likeness (QED) is 0.636. The summed E-state index contributed by atoms with van der Waals surface area (Å²) < 4.78 is 16.1. The van der Waals surface area contributed by atoms with Crippen LogP contribution in [0.5, 0.6) is 17.2 Å². The monoisotopic (exact) mass is 391 g/mol. The summed E-state index contributed by atoms with van der Waals surface area (Å²) >= 11 is 0. The normalized spacial score (nSPS) is 11.8. The summed E-state index contributed by atoms with van der Waals surface area (Å²) in [7, 11) is 0. The highest BCUT2D eigenvalue weighted by molar-refractivity contribution is 5.92. The van der Waals surface area contributed by atoms with Gasteiger partial charge in [0.15, 0.2) is 11.5 Å². The molecule has 148 valence electrons. The van der Waals surface area contributed by atoms with Crippen LogP contribution in [0, 0.1) is 0 Å². The van der Waals surface area contributed by atoms with E-state index in [9.17, 15) is 4.79 Å². The molecule has 1 aromatic heterocycles. The molecule has 0 unspecified atom stereocenters. The lowest BCUT2D eigenvalue weighted by molar-refractivity contribution is 0.0946. The van der Waals surface area contributed by atoms with Crippen molar-refractivity contribution >= 4 is 17.3 Å². The largest absolute Gasteiger partial charge is 0.494 e. The van der Waals surface area contributed by atoms with Gasteiger partial charge in [0.1, 0.15) is 11.4 Å². The van der Waals surface area contributed by atoms with Crippen molar-refractivity contribution in [1.82, 2.24) is 10.3 Å². The minimum Gasteiger partial charge on any atom is -0.494 e. The van der Waals surface area contributed by atoms with Gasteiger partial charge in [0.25, 0.3) is 5.91 Å². The van der Waals surface area contributed by atoms with Gasteiger partial charge in [-0.15, -0.1) is 0 Å². The van der Waals surface area contributed by atoms with Gasteiger partial charge in [0.2, 0.25) is 6.79 Å². The van der Waals surface area contributed by atoms with Gasteiger partial charge in [0.05, 0.1) is 18.5 Å².